The number of hydrogen-bond donors (Lipinski definition) is 1. The van der Waals surface area contributed by atoms with Gasteiger partial charge in [-0.1, -0.05) is 40.0 Å². The zero-order chi connectivity index (χ0) is 19.6. The summed E-state index contributed by atoms with van der Waals surface area (Å²) in [4.78, 5) is 14.3. The van der Waals surface area contributed by atoms with Crippen LogP contribution in [-0.4, -0.2) is 62.2 Å². The van der Waals surface area contributed by atoms with Crippen LogP contribution in [0.3, 0.4) is 0 Å². The van der Waals surface area contributed by atoms with Gasteiger partial charge in [-0.2, -0.15) is 0 Å². The Bertz CT molecular complexity index is 487. The van der Waals surface area contributed by atoms with Gasteiger partial charge >= 0.3 is 5.97 Å². The zero-order valence-corrected chi connectivity index (χ0v) is 18.7. The Balaban J connectivity index is 2.03. The predicted octanol–water partition coefficient (Wildman–Crippen LogP) is 4.28. The molecule has 1 aliphatic heterocycles. The Hall–Kier alpha value is -0.433. The number of likely N-dealkylation sites (tertiary alicyclic amines) is 1. The van der Waals surface area contributed by atoms with Crippen molar-refractivity contribution in [1.82, 2.24) is 4.90 Å². The standard InChI is InChI=1S/C20H39NO4Si/c1-18(2,3)26(5,6)25-16-19(24-4)12-14-21(15-13-19)20(17(22)23)10-8-7-9-11-20/h7-16H2,1-6H3,(H,22,23). The lowest BCUT2D eigenvalue weighted by atomic mass is 9.78. The van der Waals surface area contributed by atoms with Crippen molar-refractivity contribution >= 4 is 14.3 Å². The van der Waals surface area contributed by atoms with E-state index in [1.807, 2.05) is 0 Å². The van der Waals surface area contributed by atoms with Gasteiger partial charge in [0.25, 0.3) is 0 Å². The van der Waals surface area contributed by atoms with E-state index < -0.39 is 19.8 Å². The molecule has 6 heteroatoms. The van der Waals surface area contributed by atoms with Crippen LogP contribution in [0.1, 0.15) is 65.7 Å². The van der Waals surface area contributed by atoms with Crippen LogP contribution < -0.4 is 0 Å². The molecule has 2 fully saturated rings. The van der Waals surface area contributed by atoms with Gasteiger partial charge in [0.2, 0.25) is 0 Å². The highest BCUT2D eigenvalue weighted by Gasteiger charge is 2.49. The van der Waals surface area contributed by atoms with Crippen LogP contribution in [0, 0.1) is 0 Å². The molecule has 0 atom stereocenters. The number of aliphatic carboxylic acids is 1. The predicted molar refractivity (Wildman–Crippen MR) is 107 cm³/mol. The first kappa shape index (κ1) is 21.9. The maximum Gasteiger partial charge on any atom is 0.324 e. The molecular weight excluding hydrogens is 346 g/mol. The average molecular weight is 386 g/mol. The van der Waals surface area contributed by atoms with E-state index in [4.69, 9.17) is 9.16 Å². The molecule has 5 nitrogen and oxygen atoms in total. The smallest absolute Gasteiger partial charge is 0.324 e. The molecule has 0 unspecified atom stereocenters. The van der Waals surface area contributed by atoms with Crippen molar-refractivity contribution in [2.45, 2.75) is 95.0 Å². The van der Waals surface area contributed by atoms with E-state index >= 15 is 0 Å². The topological polar surface area (TPSA) is 59.0 Å². The fraction of sp³-hybridized carbons (Fsp3) is 0.950. The van der Waals surface area contributed by atoms with Crippen LogP contribution in [0.2, 0.25) is 18.1 Å². The van der Waals surface area contributed by atoms with Gasteiger partial charge in [0.1, 0.15) is 5.54 Å². The molecule has 152 valence electrons. The minimum absolute atomic E-state index is 0.179. The number of nitrogens with zero attached hydrogens (tertiary/aromatic N) is 1. The molecule has 0 aromatic carbocycles. The lowest BCUT2D eigenvalue weighted by molar-refractivity contribution is -0.160. The van der Waals surface area contributed by atoms with E-state index in [2.05, 4.69) is 38.8 Å². The molecule has 1 N–H and O–H groups in total. The molecule has 2 rings (SSSR count). The van der Waals surface area contributed by atoms with Crippen molar-refractivity contribution in [3.8, 4) is 0 Å². The largest absolute Gasteiger partial charge is 0.480 e. The highest BCUT2D eigenvalue weighted by molar-refractivity contribution is 6.74. The van der Waals surface area contributed by atoms with Crippen molar-refractivity contribution in [3.05, 3.63) is 0 Å². The first-order valence-electron chi connectivity index (χ1n) is 10.2. The Labute approximate surface area is 160 Å². The number of carbonyl (C=O) groups is 1. The van der Waals surface area contributed by atoms with Crippen molar-refractivity contribution in [1.29, 1.82) is 0 Å². The maximum absolute atomic E-state index is 12.1. The first-order valence-corrected chi connectivity index (χ1v) is 13.1. The third kappa shape index (κ3) is 4.34. The summed E-state index contributed by atoms with van der Waals surface area (Å²) in [5, 5.41) is 10.1. The van der Waals surface area contributed by atoms with E-state index in [1.54, 1.807) is 7.11 Å². The van der Waals surface area contributed by atoms with E-state index in [0.29, 0.717) is 6.61 Å². The lowest BCUT2D eigenvalue weighted by Crippen LogP contribution is -2.61. The van der Waals surface area contributed by atoms with Crippen LogP contribution in [0.15, 0.2) is 0 Å². The summed E-state index contributed by atoms with van der Waals surface area (Å²) in [5.74, 6) is -0.639. The molecule has 2 aliphatic rings. The second-order valence-corrected chi connectivity index (χ2v) is 14.6. The van der Waals surface area contributed by atoms with Crippen LogP contribution in [-0.2, 0) is 14.0 Å². The fourth-order valence-corrected chi connectivity index (χ4v) is 5.14. The summed E-state index contributed by atoms with van der Waals surface area (Å²) in [6.45, 7) is 13.5. The molecule has 0 aromatic rings. The van der Waals surface area contributed by atoms with Gasteiger partial charge < -0.3 is 14.3 Å². The number of carboxylic acids is 1. The number of ether oxygens (including phenoxy) is 1. The molecule has 0 aromatic heterocycles. The fourth-order valence-electron chi connectivity index (χ4n) is 4.08. The van der Waals surface area contributed by atoms with Gasteiger partial charge in [-0.05, 0) is 43.8 Å². The van der Waals surface area contributed by atoms with Crippen LogP contribution in [0.25, 0.3) is 0 Å². The van der Waals surface area contributed by atoms with Crippen molar-refractivity contribution < 1.29 is 19.1 Å². The molecule has 1 saturated heterocycles. The van der Waals surface area contributed by atoms with E-state index in [-0.39, 0.29) is 10.6 Å². The van der Waals surface area contributed by atoms with Gasteiger partial charge in [0.05, 0.1) is 12.2 Å². The third-order valence-corrected chi connectivity index (χ3v) is 11.8. The maximum atomic E-state index is 12.1. The van der Waals surface area contributed by atoms with E-state index in [1.165, 1.54) is 0 Å². The zero-order valence-electron chi connectivity index (χ0n) is 17.7. The molecule has 0 bridgehead atoms. The number of carboxylic acid groups (broad SMARTS) is 1. The minimum Gasteiger partial charge on any atom is -0.480 e. The SMILES string of the molecule is COC1(CO[Si](C)(C)C(C)(C)C)CCN(C2(C(=O)O)CCCCC2)CC1. The second-order valence-electron chi connectivity index (χ2n) is 9.82. The summed E-state index contributed by atoms with van der Waals surface area (Å²) in [7, 11) is -0.0458. The van der Waals surface area contributed by atoms with Crippen molar-refractivity contribution in [2.75, 3.05) is 26.8 Å². The second kappa shape index (κ2) is 7.90. The quantitative estimate of drug-likeness (QED) is 0.692. The van der Waals surface area contributed by atoms with E-state index in [0.717, 1.165) is 58.0 Å². The third-order valence-electron chi connectivity index (χ3n) is 7.29. The van der Waals surface area contributed by atoms with Gasteiger partial charge in [0, 0.05) is 20.2 Å². The Morgan fingerprint density at radius 1 is 1.08 bits per heavy atom. The van der Waals surface area contributed by atoms with Crippen LogP contribution in [0.5, 0.6) is 0 Å². The molecule has 0 spiro atoms. The highest BCUT2D eigenvalue weighted by atomic mass is 28.4. The summed E-state index contributed by atoms with van der Waals surface area (Å²) >= 11 is 0. The number of rotatable bonds is 6. The van der Waals surface area contributed by atoms with Crippen molar-refractivity contribution in [3.63, 3.8) is 0 Å². The average Bonchev–Trinajstić information content (AvgIpc) is 2.60. The molecular formula is C20H39NO4Si. The van der Waals surface area contributed by atoms with Gasteiger partial charge in [-0.3, -0.25) is 9.69 Å². The normalized spacial score (nSPS) is 24.4. The van der Waals surface area contributed by atoms with Crippen molar-refractivity contribution in [2.24, 2.45) is 0 Å². The molecule has 1 heterocycles. The molecule has 0 amide bonds. The Kier molecular flexibility index (Phi) is 6.64. The monoisotopic (exact) mass is 385 g/mol. The van der Waals surface area contributed by atoms with Gasteiger partial charge in [-0.15, -0.1) is 0 Å². The summed E-state index contributed by atoms with van der Waals surface area (Å²) in [6.07, 6.45) is 6.44. The molecule has 1 aliphatic carbocycles. The molecule has 1 saturated carbocycles. The Morgan fingerprint density at radius 3 is 2.04 bits per heavy atom. The lowest BCUT2D eigenvalue weighted by Gasteiger charge is -2.50. The van der Waals surface area contributed by atoms with E-state index in [9.17, 15) is 9.90 Å². The number of piperidine rings is 1. The number of hydrogen-bond acceptors (Lipinski definition) is 4. The minimum atomic E-state index is -1.82. The molecule has 0 radical (unpaired) electrons. The van der Waals surface area contributed by atoms with Gasteiger partial charge in [0.15, 0.2) is 8.32 Å². The summed E-state index contributed by atoms with van der Waals surface area (Å²) in [6, 6.07) is 0. The highest BCUT2D eigenvalue weighted by Crippen LogP contribution is 2.40. The molecule has 26 heavy (non-hydrogen) atoms. The van der Waals surface area contributed by atoms with Crippen LogP contribution in [0.4, 0.5) is 0 Å². The van der Waals surface area contributed by atoms with Crippen LogP contribution >= 0.6 is 0 Å². The first-order chi connectivity index (χ1) is 12.0. The van der Waals surface area contributed by atoms with Gasteiger partial charge in [-0.25, -0.2) is 0 Å². The summed E-state index contributed by atoms with van der Waals surface area (Å²) in [5.41, 5.74) is -0.932. The number of methoxy groups -OCH3 is 1. The Morgan fingerprint density at radius 2 is 1.62 bits per heavy atom. The summed E-state index contributed by atoms with van der Waals surface area (Å²) < 4.78 is 12.4.